The summed E-state index contributed by atoms with van der Waals surface area (Å²) in [4.78, 5) is 5.92. The second-order valence-electron chi connectivity index (χ2n) is 16.1. The molecule has 2 atom stereocenters. The number of allylic oxidation sites excluding steroid dienone is 2. The molecule has 0 aliphatic carbocycles. The van der Waals surface area contributed by atoms with Gasteiger partial charge in [0.05, 0.1) is 6.04 Å². The van der Waals surface area contributed by atoms with Crippen molar-refractivity contribution in [2.75, 3.05) is 0 Å². The van der Waals surface area contributed by atoms with Crippen LogP contribution in [-0.4, -0.2) is 5.71 Å². The van der Waals surface area contributed by atoms with Gasteiger partial charge in [0, 0.05) is 33.7 Å². The normalized spacial score (nSPS) is 18.4. The Morgan fingerprint density at radius 3 is 1.86 bits per heavy atom. The molecule has 2 unspecified atom stereocenters. The molecular weight excluding hydrogens is 719 g/mol. The van der Waals surface area contributed by atoms with Crippen LogP contribution in [-0.2, 0) is 0 Å². The molecular formula is C56H43NO2. The number of benzene rings is 8. The Morgan fingerprint density at radius 2 is 1.12 bits per heavy atom. The molecule has 0 amide bonds. The van der Waals surface area contributed by atoms with E-state index >= 15 is 0 Å². The van der Waals surface area contributed by atoms with Gasteiger partial charge in [-0.15, -0.1) is 0 Å². The molecule has 0 saturated heterocycles. The van der Waals surface area contributed by atoms with Crippen molar-refractivity contribution in [2.24, 2.45) is 10.9 Å². The van der Waals surface area contributed by atoms with Gasteiger partial charge in [-0.05, 0) is 123 Å². The van der Waals surface area contributed by atoms with E-state index in [4.69, 9.17) is 13.8 Å². The van der Waals surface area contributed by atoms with Crippen LogP contribution in [0.3, 0.4) is 0 Å². The van der Waals surface area contributed by atoms with E-state index in [0.29, 0.717) is 5.92 Å². The highest BCUT2D eigenvalue weighted by Crippen LogP contribution is 2.46. The first-order valence-corrected chi connectivity index (χ1v) is 20.9. The smallest absolute Gasteiger partial charge is 0.136 e. The van der Waals surface area contributed by atoms with E-state index in [9.17, 15) is 0 Å². The molecule has 11 rings (SSSR count). The summed E-state index contributed by atoms with van der Waals surface area (Å²) in [6, 6.07) is 63.1. The van der Waals surface area contributed by atoms with Crippen molar-refractivity contribution in [3.8, 4) is 22.3 Å². The maximum atomic E-state index is 6.64. The fraction of sp³-hybridized carbons (Fsp3) is 0.125. The number of fused-ring (bicyclic) bond motifs is 7. The molecule has 3 heterocycles. The highest BCUT2D eigenvalue weighted by atomic mass is 16.3. The minimum absolute atomic E-state index is 0.0904. The van der Waals surface area contributed by atoms with Crippen molar-refractivity contribution >= 4 is 65.9 Å². The topological polar surface area (TPSA) is 38.6 Å². The molecule has 0 radical (unpaired) electrons. The third-order valence-corrected chi connectivity index (χ3v) is 12.6. The lowest BCUT2D eigenvalue weighted by Gasteiger charge is -2.29. The van der Waals surface area contributed by atoms with Crippen molar-refractivity contribution in [3.05, 3.63) is 198 Å². The highest BCUT2D eigenvalue weighted by Gasteiger charge is 2.29. The molecule has 2 aromatic heterocycles. The number of aliphatic imine (C=N–C) groups is 1. The highest BCUT2D eigenvalue weighted by molar-refractivity contribution is 6.18. The number of furan rings is 2. The van der Waals surface area contributed by atoms with Crippen molar-refractivity contribution in [1.29, 1.82) is 0 Å². The maximum absolute atomic E-state index is 6.64. The fourth-order valence-corrected chi connectivity index (χ4v) is 9.86. The second-order valence-corrected chi connectivity index (χ2v) is 16.1. The Labute approximate surface area is 344 Å². The van der Waals surface area contributed by atoms with Crippen molar-refractivity contribution in [2.45, 2.75) is 39.2 Å². The van der Waals surface area contributed by atoms with Crippen molar-refractivity contribution < 1.29 is 8.83 Å². The molecule has 59 heavy (non-hydrogen) atoms. The molecule has 284 valence electrons. The fourth-order valence-electron chi connectivity index (χ4n) is 9.86. The molecule has 8 aromatic carbocycles. The molecule has 0 spiro atoms. The largest absolute Gasteiger partial charge is 0.456 e. The van der Waals surface area contributed by atoms with Crippen LogP contribution < -0.4 is 0 Å². The Kier molecular flexibility index (Phi) is 8.62. The third kappa shape index (κ3) is 6.08. The van der Waals surface area contributed by atoms with Crippen molar-refractivity contribution in [3.63, 3.8) is 0 Å². The number of para-hydroxylation sites is 2. The van der Waals surface area contributed by atoms with Crippen LogP contribution in [0.4, 0.5) is 0 Å². The van der Waals surface area contributed by atoms with Crippen LogP contribution in [0.1, 0.15) is 55.8 Å². The molecule has 0 fully saturated rings. The summed E-state index contributed by atoms with van der Waals surface area (Å²) in [5.74, 6) is 0.330. The molecule has 1 aliphatic heterocycles. The zero-order valence-electron chi connectivity index (χ0n) is 33.3. The van der Waals surface area contributed by atoms with Crippen LogP contribution in [0.25, 0.3) is 82.5 Å². The Hall–Kier alpha value is -6.97. The molecule has 3 heteroatoms. The standard InChI is InChI=1S/C56H43NO2/c1-3-36-33-49(43-25-16-28-52-55(43)44-23-12-14-26-50(44)58-52)57-48(29-35(2)54(36)38-19-8-5-9-20-38)41-30-39-21-10-11-22-42(39)46(32-41)47-31-40(37-17-6-4-7-18-37)34-53-56(47)45-24-13-15-27-51(45)59-53/h4-28,30-32,34,36,49H,3,29,33H2,1-2H3/b54-35-,57-48+. The first kappa shape index (κ1) is 35.2. The predicted molar refractivity (Wildman–Crippen MR) is 247 cm³/mol. The zero-order chi connectivity index (χ0) is 39.5. The summed E-state index contributed by atoms with van der Waals surface area (Å²) in [6.45, 7) is 4.66. The molecule has 3 nitrogen and oxygen atoms in total. The van der Waals surface area contributed by atoms with E-state index in [0.717, 1.165) is 85.7 Å². The summed E-state index contributed by atoms with van der Waals surface area (Å²) in [6.07, 6.45) is 2.66. The summed E-state index contributed by atoms with van der Waals surface area (Å²) in [5, 5.41) is 6.95. The average molecular weight is 762 g/mol. The Morgan fingerprint density at radius 1 is 0.508 bits per heavy atom. The Bertz CT molecular complexity index is 3270. The summed E-state index contributed by atoms with van der Waals surface area (Å²) >= 11 is 0. The Balaban J connectivity index is 1.18. The lowest BCUT2D eigenvalue weighted by Crippen LogP contribution is -2.17. The molecule has 10 aromatic rings. The number of nitrogens with zero attached hydrogens (tertiary/aromatic N) is 1. The van der Waals surface area contributed by atoms with Crippen molar-refractivity contribution in [1.82, 2.24) is 0 Å². The molecule has 0 saturated carbocycles. The predicted octanol–water partition coefficient (Wildman–Crippen LogP) is 15.8. The number of hydrogen-bond donors (Lipinski definition) is 0. The number of hydrogen-bond acceptors (Lipinski definition) is 3. The van der Waals surface area contributed by atoms with E-state index in [1.807, 2.05) is 0 Å². The minimum atomic E-state index is -0.0904. The van der Waals surface area contributed by atoms with Gasteiger partial charge in [0.25, 0.3) is 0 Å². The van der Waals surface area contributed by atoms with Gasteiger partial charge < -0.3 is 8.83 Å². The maximum Gasteiger partial charge on any atom is 0.136 e. The van der Waals surface area contributed by atoms with E-state index in [1.54, 1.807) is 0 Å². The SMILES string of the molecule is CCC1CC(c2cccc3oc4ccccc4c23)/N=C(/c2cc(-c3cc(-c4ccccc4)cc4oc5ccccc5c34)c3ccccc3c2)C/C(C)=C/1c1ccccc1. The second kappa shape index (κ2) is 14.4. The number of rotatable bonds is 6. The van der Waals surface area contributed by atoms with Crippen LogP contribution in [0.5, 0.6) is 0 Å². The molecule has 0 N–H and O–H groups in total. The van der Waals surface area contributed by atoms with Crippen LogP contribution in [0, 0.1) is 5.92 Å². The van der Waals surface area contributed by atoms with Gasteiger partial charge in [-0.3, -0.25) is 4.99 Å². The van der Waals surface area contributed by atoms with Crippen LogP contribution >= 0.6 is 0 Å². The van der Waals surface area contributed by atoms with Gasteiger partial charge in [-0.1, -0.05) is 146 Å². The molecule has 1 aliphatic rings. The van der Waals surface area contributed by atoms with E-state index < -0.39 is 0 Å². The zero-order valence-corrected chi connectivity index (χ0v) is 33.3. The van der Waals surface area contributed by atoms with Gasteiger partial charge in [-0.25, -0.2) is 0 Å². The van der Waals surface area contributed by atoms with Gasteiger partial charge in [0.15, 0.2) is 0 Å². The quantitative estimate of drug-likeness (QED) is 0.169. The van der Waals surface area contributed by atoms with Crippen LogP contribution in [0.2, 0.25) is 0 Å². The van der Waals surface area contributed by atoms with Gasteiger partial charge in [0.2, 0.25) is 0 Å². The van der Waals surface area contributed by atoms with E-state index in [1.165, 1.54) is 44.0 Å². The lowest BCUT2D eigenvalue weighted by molar-refractivity contribution is 0.514. The van der Waals surface area contributed by atoms with E-state index in [-0.39, 0.29) is 6.04 Å². The van der Waals surface area contributed by atoms with Gasteiger partial charge in [-0.2, -0.15) is 0 Å². The first-order valence-electron chi connectivity index (χ1n) is 20.9. The van der Waals surface area contributed by atoms with E-state index in [2.05, 4.69) is 190 Å². The average Bonchev–Trinajstić information content (AvgIpc) is 3.86. The summed E-state index contributed by atoms with van der Waals surface area (Å²) < 4.78 is 13.1. The third-order valence-electron chi connectivity index (χ3n) is 12.6. The summed E-state index contributed by atoms with van der Waals surface area (Å²) in [7, 11) is 0. The van der Waals surface area contributed by atoms with Gasteiger partial charge >= 0.3 is 0 Å². The first-order chi connectivity index (χ1) is 29.1. The monoisotopic (exact) mass is 761 g/mol. The van der Waals surface area contributed by atoms with Gasteiger partial charge in [0.1, 0.15) is 22.3 Å². The van der Waals surface area contributed by atoms with Crippen LogP contribution in [0.15, 0.2) is 195 Å². The molecule has 0 bridgehead atoms. The minimum Gasteiger partial charge on any atom is -0.456 e. The lowest BCUT2D eigenvalue weighted by atomic mass is 9.78. The summed E-state index contributed by atoms with van der Waals surface area (Å²) in [5.41, 5.74) is 15.8.